The van der Waals surface area contributed by atoms with Crippen LogP contribution < -0.4 is 29.6 Å². The molecular formula is C8H10N3NaO3S. The van der Waals surface area contributed by atoms with Crippen molar-refractivity contribution in [2.45, 2.75) is 0 Å². The number of hydrogen-bond acceptors (Lipinski definition) is 5. The van der Waals surface area contributed by atoms with Crippen LogP contribution in [0.3, 0.4) is 0 Å². The molecule has 0 radical (unpaired) electrons. The molecule has 0 bridgehead atoms. The van der Waals surface area contributed by atoms with Gasteiger partial charge >= 0.3 is 29.6 Å². The second-order valence-electron chi connectivity index (χ2n) is 2.87. The molecule has 0 aliphatic rings. The zero-order valence-corrected chi connectivity index (χ0v) is 11.9. The first-order chi connectivity index (χ1) is 6.97. The molecule has 1 aromatic rings. The Morgan fingerprint density at radius 1 is 1.31 bits per heavy atom. The van der Waals surface area contributed by atoms with Gasteiger partial charge in [-0.1, -0.05) is 23.4 Å². The molecule has 0 saturated heterocycles. The quantitative estimate of drug-likeness (QED) is 0.271. The van der Waals surface area contributed by atoms with Gasteiger partial charge in [0.2, 0.25) is 0 Å². The fraction of sp³-hybridized carbons (Fsp3) is 0.250. The third kappa shape index (κ3) is 6.91. The molecule has 16 heavy (non-hydrogen) atoms. The van der Waals surface area contributed by atoms with E-state index in [9.17, 15) is 13.0 Å². The number of nitrogens with zero attached hydrogens (tertiary/aromatic N) is 3. The van der Waals surface area contributed by atoms with Gasteiger partial charge < -0.3 is 4.55 Å². The zero-order valence-electron chi connectivity index (χ0n) is 9.07. The van der Waals surface area contributed by atoms with Crippen molar-refractivity contribution in [1.29, 1.82) is 0 Å². The van der Waals surface area contributed by atoms with Crippen molar-refractivity contribution in [3.05, 3.63) is 30.3 Å². The second-order valence-corrected chi connectivity index (χ2v) is 4.24. The van der Waals surface area contributed by atoms with Gasteiger partial charge in [0.15, 0.2) is 0 Å². The van der Waals surface area contributed by atoms with Crippen molar-refractivity contribution in [2.24, 2.45) is 10.3 Å². The minimum atomic E-state index is -4.31. The minimum Gasteiger partial charge on any atom is -0.747 e. The van der Waals surface area contributed by atoms with Crippen LogP contribution in [0.2, 0.25) is 0 Å². The summed E-state index contributed by atoms with van der Waals surface area (Å²) in [6.07, 6.45) is 0. The first-order valence-electron chi connectivity index (χ1n) is 4.09. The summed E-state index contributed by atoms with van der Waals surface area (Å²) in [6, 6.07) is 8.80. The van der Waals surface area contributed by atoms with Crippen LogP contribution in [0, 0.1) is 0 Å². The summed E-state index contributed by atoms with van der Waals surface area (Å²) in [7, 11) is -2.94. The van der Waals surface area contributed by atoms with E-state index in [2.05, 4.69) is 10.3 Å². The average molecular weight is 251 g/mol. The van der Waals surface area contributed by atoms with E-state index in [1.165, 1.54) is 7.05 Å². The molecule has 0 atom stereocenters. The van der Waals surface area contributed by atoms with Crippen LogP contribution in [0.4, 0.5) is 5.69 Å². The molecule has 1 aromatic carbocycles. The summed E-state index contributed by atoms with van der Waals surface area (Å²) in [5.74, 6) is -0.691. The Kier molecular flexibility index (Phi) is 6.77. The summed E-state index contributed by atoms with van der Waals surface area (Å²) in [4.78, 5) is 0. The Balaban J connectivity index is 0.00000225. The molecule has 0 fully saturated rings. The van der Waals surface area contributed by atoms with E-state index in [0.29, 0.717) is 5.69 Å². The largest absolute Gasteiger partial charge is 1.00 e. The number of hydrogen-bond donors (Lipinski definition) is 0. The van der Waals surface area contributed by atoms with Crippen molar-refractivity contribution in [3.63, 3.8) is 0 Å². The molecule has 0 aliphatic carbocycles. The normalized spacial score (nSPS) is 11.1. The molecule has 0 amide bonds. The van der Waals surface area contributed by atoms with Gasteiger partial charge in [-0.3, -0.25) is 5.01 Å². The van der Waals surface area contributed by atoms with Crippen molar-refractivity contribution >= 4 is 15.8 Å². The maximum atomic E-state index is 10.4. The predicted octanol–water partition coefficient (Wildman–Crippen LogP) is -1.88. The third-order valence-electron chi connectivity index (χ3n) is 1.41. The first kappa shape index (κ1) is 15.5. The van der Waals surface area contributed by atoms with Crippen molar-refractivity contribution in [2.75, 3.05) is 12.9 Å². The molecule has 0 heterocycles. The van der Waals surface area contributed by atoms with Crippen molar-refractivity contribution in [1.82, 2.24) is 5.01 Å². The molecular weight excluding hydrogens is 241 g/mol. The maximum absolute atomic E-state index is 10.4. The summed E-state index contributed by atoms with van der Waals surface area (Å²) >= 11 is 0. The zero-order chi connectivity index (χ0) is 11.3. The van der Waals surface area contributed by atoms with Crippen LogP contribution in [0.5, 0.6) is 0 Å². The summed E-state index contributed by atoms with van der Waals surface area (Å²) in [5, 5.41) is 8.26. The Morgan fingerprint density at radius 2 is 1.88 bits per heavy atom. The molecule has 0 saturated carbocycles. The van der Waals surface area contributed by atoms with Gasteiger partial charge in [-0.25, -0.2) is 8.42 Å². The van der Waals surface area contributed by atoms with Gasteiger partial charge in [0, 0.05) is 7.05 Å². The summed E-state index contributed by atoms with van der Waals surface area (Å²) < 4.78 is 31.1. The van der Waals surface area contributed by atoms with Crippen LogP contribution in [0.25, 0.3) is 0 Å². The van der Waals surface area contributed by atoms with E-state index in [4.69, 9.17) is 0 Å². The molecule has 0 unspecified atom stereocenters. The van der Waals surface area contributed by atoms with E-state index in [0.717, 1.165) is 5.01 Å². The fourth-order valence-electron chi connectivity index (χ4n) is 0.877. The SMILES string of the molecule is CN(CS(=O)(=O)[O-])N=Nc1ccccc1.[Na+]. The molecule has 0 spiro atoms. The van der Waals surface area contributed by atoms with E-state index >= 15 is 0 Å². The van der Waals surface area contributed by atoms with E-state index in [-0.39, 0.29) is 29.6 Å². The molecule has 0 aliphatic heterocycles. The summed E-state index contributed by atoms with van der Waals surface area (Å²) in [6.45, 7) is 0. The predicted molar refractivity (Wildman–Crippen MR) is 53.3 cm³/mol. The van der Waals surface area contributed by atoms with Gasteiger partial charge in [0.1, 0.15) is 16.0 Å². The Hall–Kier alpha value is -0.470. The summed E-state index contributed by atoms with van der Waals surface area (Å²) in [5.41, 5.74) is 0.590. The standard InChI is InChI=1S/C8H11N3O3S.Na/c1-11(7-15(12,13)14)10-9-8-5-3-2-4-6-8;/h2-6H,7H2,1H3,(H,12,13,14);/q;+1/p-1. The van der Waals surface area contributed by atoms with E-state index in [1.54, 1.807) is 24.3 Å². The average Bonchev–Trinajstić information content (AvgIpc) is 2.14. The number of rotatable bonds is 4. The van der Waals surface area contributed by atoms with Gasteiger partial charge in [-0.2, -0.15) is 0 Å². The molecule has 82 valence electrons. The molecule has 0 N–H and O–H groups in total. The molecule has 0 aromatic heterocycles. The van der Waals surface area contributed by atoms with E-state index < -0.39 is 16.0 Å². The Morgan fingerprint density at radius 3 is 2.38 bits per heavy atom. The topological polar surface area (TPSA) is 85.2 Å². The smallest absolute Gasteiger partial charge is 0.747 e. The van der Waals surface area contributed by atoms with Crippen LogP contribution in [0.1, 0.15) is 0 Å². The number of benzene rings is 1. The fourth-order valence-corrected chi connectivity index (χ4v) is 1.39. The Bertz CT molecular complexity index is 435. The van der Waals surface area contributed by atoms with Gasteiger partial charge in [-0.05, 0) is 12.1 Å². The monoisotopic (exact) mass is 251 g/mol. The van der Waals surface area contributed by atoms with Crippen LogP contribution in [0.15, 0.2) is 40.7 Å². The Labute approximate surface area is 116 Å². The maximum Gasteiger partial charge on any atom is 1.00 e. The van der Waals surface area contributed by atoms with E-state index in [1.807, 2.05) is 6.07 Å². The van der Waals surface area contributed by atoms with Gasteiger partial charge in [-0.15, -0.1) is 5.11 Å². The first-order valence-corrected chi connectivity index (χ1v) is 5.66. The third-order valence-corrected chi connectivity index (χ3v) is 2.10. The van der Waals surface area contributed by atoms with Crippen molar-refractivity contribution in [3.8, 4) is 0 Å². The van der Waals surface area contributed by atoms with Gasteiger partial charge in [0.05, 0.1) is 5.69 Å². The molecule has 1 rings (SSSR count). The second kappa shape index (κ2) is 6.97. The van der Waals surface area contributed by atoms with Crippen LogP contribution >= 0.6 is 0 Å². The van der Waals surface area contributed by atoms with Crippen molar-refractivity contribution < 1.29 is 42.5 Å². The molecule has 8 heteroatoms. The van der Waals surface area contributed by atoms with Gasteiger partial charge in [0.25, 0.3) is 0 Å². The molecule has 6 nitrogen and oxygen atoms in total. The minimum absolute atomic E-state index is 0. The van der Waals surface area contributed by atoms with Crippen LogP contribution in [-0.4, -0.2) is 30.9 Å². The van der Waals surface area contributed by atoms with Crippen LogP contribution in [-0.2, 0) is 10.1 Å².